The van der Waals surface area contributed by atoms with Gasteiger partial charge in [0.05, 0.1) is 18.9 Å². The second kappa shape index (κ2) is 9.20. The number of nitrogens with one attached hydrogen (secondary N) is 1. The summed E-state index contributed by atoms with van der Waals surface area (Å²) in [7, 11) is 1.65. The maximum Gasteiger partial charge on any atom is 0.317 e. The number of carbonyl (C=O) groups excluding carboxylic acids is 1. The molecule has 1 N–H and O–H groups in total. The van der Waals surface area contributed by atoms with Crippen LogP contribution in [-0.2, 0) is 6.54 Å². The van der Waals surface area contributed by atoms with E-state index in [2.05, 4.69) is 10.5 Å². The van der Waals surface area contributed by atoms with Crippen LogP contribution >= 0.6 is 0 Å². The molecule has 0 atom stereocenters. The summed E-state index contributed by atoms with van der Waals surface area (Å²) in [5.74, 6) is 1.87. The van der Waals surface area contributed by atoms with Crippen molar-refractivity contribution in [1.82, 2.24) is 15.4 Å². The fourth-order valence-electron chi connectivity index (χ4n) is 4.21. The van der Waals surface area contributed by atoms with E-state index in [0.717, 1.165) is 61.5 Å². The van der Waals surface area contributed by atoms with Crippen LogP contribution < -0.4 is 14.8 Å². The van der Waals surface area contributed by atoms with Crippen molar-refractivity contribution in [3.63, 3.8) is 0 Å². The van der Waals surface area contributed by atoms with Gasteiger partial charge < -0.3 is 24.2 Å². The fourth-order valence-corrected chi connectivity index (χ4v) is 4.21. The Morgan fingerprint density at radius 1 is 1.17 bits per heavy atom. The predicted molar refractivity (Wildman–Crippen MR) is 108 cm³/mol. The molecule has 0 unspecified atom stereocenters. The third-order valence-corrected chi connectivity index (χ3v) is 5.93. The zero-order valence-electron chi connectivity index (χ0n) is 16.9. The summed E-state index contributed by atoms with van der Waals surface area (Å²) in [5, 5.41) is 7.04. The topological polar surface area (TPSA) is 76.8 Å². The molecule has 1 saturated carbocycles. The third kappa shape index (κ3) is 4.83. The quantitative estimate of drug-likeness (QED) is 0.792. The van der Waals surface area contributed by atoms with Crippen molar-refractivity contribution < 1.29 is 18.8 Å². The molecule has 1 aliphatic carbocycles. The van der Waals surface area contributed by atoms with Crippen LogP contribution in [-0.4, -0.2) is 42.4 Å². The lowest BCUT2D eigenvalue weighted by molar-refractivity contribution is 0.180. The van der Waals surface area contributed by atoms with E-state index in [0.29, 0.717) is 12.5 Å². The van der Waals surface area contributed by atoms with Crippen LogP contribution in [0.5, 0.6) is 11.5 Å². The summed E-state index contributed by atoms with van der Waals surface area (Å²) < 4.78 is 16.5. The molecule has 4 rings (SSSR count). The van der Waals surface area contributed by atoms with Gasteiger partial charge in [-0.2, -0.15) is 0 Å². The molecule has 1 aromatic carbocycles. The number of aromatic nitrogens is 1. The highest BCUT2D eigenvalue weighted by atomic mass is 16.5. The monoisotopic (exact) mass is 399 g/mol. The van der Waals surface area contributed by atoms with E-state index in [4.69, 9.17) is 14.0 Å². The summed E-state index contributed by atoms with van der Waals surface area (Å²) in [4.78, 5) is 14.4. The zero-order valence-corrected chi connectivity index (χ0v) is 16.9. The van der Waals surface area contributed by atoms with Crippen LogP contribution in [0.25, 0.3) is 0 Å². The molecule has 7 nitrogen and oxygen atoms in total. The second-order valence-electron chi connectivity index (χ2n) is 7.85. The average Bonchev–Trinajstić information content (AvgIpc) is 3.47. The summed E-state index contributed by atoms with van der Waals surface area (Å²) in [6.45, 7) is 1.91. The molecule has 2 aromatic rings. The first-order chi connectivity index (χ1) is 14.2. The van der Waals surface area contributed by atoms with Gasteiger partial charge in [0.2, 0.25) is 0 Å². The van der Waals surface area contributed by atoms with Gasteiger partial charge in [0.15, 0.2) is 11.5 Å². The average molecular weight is 399 g/mol. The van der Waals surface area contributed by atoms with Gasteiger partial charge in [-0.25, -0.2) is 4.79 Å². The number of carbonyl (C=O) groups is 1. The molecule has 0 spiro atoms. The fraction of sp³-hybridized carbons (Fsp3) is 0.545. The molecule has 2 heterocycles. The van der Waals surface area contributed by atoms with Gasteiger partial charge in [0, 0.05) is 31.6 Å². The van der Waals surface area contributed by atoms with Crippen LogP contribution in [0.3, 0.4) is 0 Å². The molecule has 156 valence electrons. The van der Waals surface area contributed by atoms with Crippen molar-refractivity contribution in [2.45, 2.75) is 57.1 Å². The maximum atomic E-state index is 12.5. The van der Waals surface area contributed by atoms with E-state index in [-0.39, 0.29) is 12.1 Å². The van der Waals surface area contributed by atoms with Gasteiger partial charge in [-0.1, -0.05) is 11.2 Å². The molecule has 0 radical (unpaired) electrons. The van der Waals surface area contributed by atoms with Crippen molar-refractivity contribution in [3.05, 3.63) is 41.8 Å². The van der Waals surface area contributed by atoms with E-state index in [1.54, 1.807) is 13.4 Å². The number of benzene rings is 1. The number of likely N-dealkylation sites (tertiary alicyclic amines) is 1. The normalized spacial score (nSPS) is 18.0. The molecular weight excluding hydrogens is 370 g/mol. The first-order valence-electron chi connectivity index (χ1n) is 10.5. The standard InChI is InChI=1S/C22H29N3O4/c1-27-21-14-16(6-7-20(21)29-18-4-2-3-5-18)15-23-22(26)25-11-8-17(9-12-25)19-10-13-28-24-19/h6-7,10,13-14,17-18H,2-5,8-9,11-12,15H2,1H3,(H,23,26). The molecule has 0 bridgehead atoms. The molecule has 7 heteroatoms. The van der Waals surface area contributed by atoms with E-state index in [1.165, 1.54) is 12.8 Å². The van der Waals surface area contributed by atoms with Crippen LogP contribution in [0.2, 0.25) is 0 Å². The first-order valence-corrected chi connectivity index (χ1v) is 10.5. The summed E-state index contributed by atoms with van der Waals surface area (Å²) >= 11 is 0. The molecular formula is C22H29N3O4. The molecule has 1 aliphatic heterocycles. The second-order valence-corrected chi connectivity index (χ2v) is 7.85. The van der Waals surface area contributed by atoms with Gasteiger partial charge in [0.25, 0.3) is 0 Å². The molecule has 2 aliphatic rings. The van der Waals surface area contributed by atoms with Gasteiger partial charge in [0.1, 0.15) is 6.26 Å². The van der Waals surface area contributed by atoms with Crippen molar-refractivity contribution >= 4 is 6.03 Å². The predicted octanol–water partition coefficient (Wildman–Crippen LogP) is 4.09. The number of nitrogens with zero attached hydrogens (tertiary/aromatic N) is 2. The van der Waals surface area contributed by atoms with Gasteiger partial charge >= 0.3 is 6.03 Å². The molecule has 2 fully saturated rings. The van der Waals surface area contributed by atoms with Crippen molar-refractivity contribution in [1.29, 1.82) is 0 Å². The van der Waals surface area contributed by atoms with E-state index in [1.807, 2.05) is 29.2 Å². The van der Waals surface area contributed by atoms with Crippen LogP contribution in [0.15, 0.2) is 35.1 Å². The van der Waals surface area contributed by atoms with Gasteiger partial charge in [-0.05, 0) is 56.2 Å². The first kappa shape index (κ1) is 19.6. The van der Waals surface area contributed by atoms with Crippen molar-refractivity contribution in [2.75, 3.05) is 20.2 Å². The Hall–Kier alpha value is -2.70. The Morgan fingerprint density at radius 2 is 1.97 bits per heavy atom. The molecule has 1 saturated heterocycles. The Kier molecular flexibility index (Phi) is 6.22. The van der Waals surface area contributed by atoms with Crippen molar-refractivity contribution in [3.8, 4) is 11.5 Å². The number of hydrogen-bond donors (Lipinski definition) is 1. The van der Waals surface area contributed by atoms with E-state index in [9.17, 15) is 4.79 Å². The molecule has 29 heavy (non-hydrogen) atoms. The number of amides is 2. The largest absolute Gasteiger partial charge is 0.493 e. The number of hydrogen-bond acceptors (Lipinski definition) is 5. The van der Waals surface area contributed by atoms with Gasteiger partial charge in [-0.3, -0.25) is 0 Å². The SMILES string of the molecule is COc1cc(CNC(=O)N2CCC(c3ccon3)CC2)ccc1OC1CCCC1. The maximum absolute atomic E-state index is 12.5. The van der Waals surface area contributed by atoms with E-state index < -0.39 is 0 Å². The Morgan fingerprint density at radius 3 is 2.66 bits per heavy atom. The van der Waals surface area contributed by atoms with Crippen molar-refractivity contribution in [2.24, 2.45) is 0 Å². The molecule has 1 aromatic heterocycles. The van der Waals surface area contributed by atoms with E-state index >= 15 is 0 Å². The van der Waals surface area contributed by atoms with Crippen LogP contribution in [0.4, 0.5) is 4.79 Å². The summed E-state index contributed by atoms with van der Waals surface area (Å²) in [6, 6.07) is 7.76. The third-order valence-electron chi connectivity index (χ3n) is 5.93. The lowest BCUT2D eigenvalue weighted by Crippen LogP contribution is -2.43. The highest BCUT2D eigenvalue weighted by Crippen LogP contribution is 2.32. The summed E-state index contributed by atoms with van der Waals surface area (Å²) in [6.07, 6.45) is 8.37. The Labute approximate surface area is 171 Å². The lowest BCUT2D eigenvalue weighted by atomic mass is 9.94. The number of ether oxygens (including phenoxy) is 2. The zero-order chi connectivity index (χ0) is 20.1. The molecule has 2 amide bonds. The summed E-state index contributed by atoms with van der Waals surface area (Å²) in [5.41, 5.74) is 1.98. The Balaban J connectivity index is 1.27. The number of piperidine rings is 1. The number of urea groups is 1. The van der Waals surface area contributed by atoms with Crippen LogP contribution in [0, 0.1) is 0 Å². The minimum atomic E-state index is -0.0335. The minimum absolute atomic E-state index is 0.0335. The Bertz CT molecular complexity index is 794. The highest BCUT2D eigenvalue weighted by Gasteiger charge is 2.25. The minimum Gasteiger partial charge on any atom is -0.493 e. The highest BCUT2D eigenvalue weighted by molar-refractivity contribution is 5.74. The lowest BCUT2D eigenvalue weighted by Gasteiger charge is -2.31. The number of rotatable bonds is 6. The number of methoxy groups -OCH3 is 1. The smallest absolute Gasteiger partial charge is 0.317 e. The van der Waals surface area contributed by atoms with Gasteiger partial charge in [-0.15, -0.1) is 0 Å². The van der Waals surface area contributed by atoms with Crippen LogP contribution in [0.1, 0.15) is 55.7 Å².